The number of furan rings is 1. The lowest BCUT2D eigenvalue weighted by Gasteiger charge is -2.15. The summed E-state index contributed by atoms with van der Waals surface area (Å²) in [6, 6.07) is 4.02. The Hall–Kier alpha value is -1.45. The van der Waals surface area contributed by atoms with E-state index in [-0.39, 0.29) is 12.1 Å². The second kappa shape index (κ2) is 3.61. The summed E-state index contributed by atoms with van der Waals surface area (Å²) in [5.41, 5.74) is 0. The van der Waals surface area contributed by atoms with E-state index < -0.39 is 0 Å². The number of hydrogen-bond donors (Lipinski definition) is 0. The topological polar surface area (TPSA) is 36.7 Å². The third-order valence-electron chi connectivity index (χ3n) is 2.90. The molecule has 2 heterocycles. The highest BCUT2D eigenvalue weighted by molar-refractivity contribution is 5.77. The maximum absolute atomic E-state index is 11.7. The normalized spacial score (nSPS) is 21.5. The van der Waals surface area contributed by atoms with Crippen LogP contribution in [-0.2, 0) is 0 Å². The van der Waals surface area contributed by atoms with E-state index >= 15 is 0 Å². The monoisotopic (exact) mass is 208 g/mol. The fourth-order valence-electron chi connectivity index (χ4n) is 1.94. The molecule has 0 N–H and O–H groups in total. The maximum atomic E-state index is 11.7. The SMILES string of the molecule is CCN1CC(c2ccc(C)o2)N(C)C1=O. The number of likely N-dealkylation sites (N-methyl/N-ethyl adjacent to an activating group) is 2. The van der Waals surface area contributed by atoms with E-state index in [0.717, 1.165) is 24.6 Å². The molecular formula is C11H16N2O2. The summed E-state index contributed by atoms with van der Waals surface area (Å²) in [5, 5.41) is 0. The number of nitrogens with zero attached hydrogens (tertiary/aromatic N) is 2. The molecule has 1 aromatic heterocycles. The molecule has 1 fully saturated rings. The minimum atomic E-state index is 0.0612. The van der Waals surface area contributed by atoms with Crippen molar-refractivity contribution in [2.75, 3.05) is 20.1 Å². The van der Waals surface area contributed by atoms with Crippen LogP contribution in [-0.4, -0.2) is 36.0 Å². The highest BCUT2D eigenvalue weighted by Crippen LogP contribution is 2.28. The van der Waals surface area contributed by atoms with Gasteiger partial charge in [-0.25, -0.2) is 4.79 Å². The fourth-order valence-corrected chi connectivity index (χ4v) is 1.94. The third kappa shape index (κ3) is 1.60. The van der Waals surface area contributed by atoms with E-state index in [9.17, 15) is 4.79 Å². The van der Waals surface area contributed by atoms with Gasteiger partial charge in [-0.05, 0) is 26.0 Å². The summed E-state index contributed by atoms with van der Waals surface area (Å²) in [4.78, 5) is 15.3. The van der Waals surface area contributed by atoms with Crippen LogP contribution in [0.2, 0.25) is 0 Å². The summed E-state index contributed by atoms with van der Waals surface area (Å²) in [7, 11) is 1.82. The van der Waals surface area contributed by atoms with Gasteiger partial charge in [0.15, 0.2) is 0 Å². The van der Waals surface area contributed by atoms with Crippen molar-refractivity contribution in [3.05, 3.63) is 23.7 Å². The second-order valence-corrected chi connectivity index (χ2v) is 3.90. The van der Waals surface area contributed by atoms with Crippen LogP contribution in [0.4, 0.5) is 4.79 Å². The third-order valence-corrected chi connectivity index (χ3v) is 2.90. The molecule has 0 aromatic carbocycles. The van der Waals surface area contributed by atoms with Crippen molar-refractivity contribution in [3.8, 4) is 0 Å². The van der Waals surface area contributed by atoms with Gasteiger partial charge in [0.05, 0.1) is 6.54 Å². The molecule has 4 nitrogen and oxygen atoms in total. The highest BCUT2D eigenvalue weighted by atomic mass is 16.3. The van der Waals surface area contributed by atoms with Crippen molar-refractivity contribution in [2.24, 2.45) is 0 Å². The minimum Gasteiger partial charge on any atom is -0.464 e. The molecule has 4 heteroatoms. The molecule has 1 aromatic rings. The maximum Gasteiger partial charge on any atom is 0.320 e. The predicted octanol–water partition coefficient (Wildman–Crippen LogP) is 2.02. The Morgan fingerprint density at radius 3 is 2.73 bits per heavy atom. The zero-order valence-electron chi connectivity index (χ0n) is 9.36. The van der Waals surface area contributed by atoms with Gasteiger partial charge in [0, 0.05) is 13.6 Å². The van der Waals surface area contributed by atoms with Gasteiger partial charge >= 0.3 is 6.03 Å². The van der Waals surface area contributed by atoms with Gasteiger partial charge in [-0.15, -0.1) is 0 Å². The quantitative estimate of drug-likeness (QED) is 0.745. The molecule has 2 rings (SSSR count). The largest absolute Gasteiger partial charge is 0.464 e. The van der Waals surface area contributed by atoms with E-state index in [1.807, 2.05) is 37.9 Å². The van der Waals surface area contributed by atoms with Crippen molar-refractivity contribution in [1.82, 2.24) is 9.80 Å². The van der Waals surface area contributed by atoms with Crippen molar-refractivity contribution >= 4 is 6.03 Å². The zero-order chi connectivity index (χ0) is 11.0. The molecule has 2 amide bonds. The zero-order valence-corrected chi connectivity index (χ0v) is 9.36. The molecule has 15 heavy (non-hydrogen) atoms. The number of aryl methyl sites for hydroxylation is 1. The van der Waals surface area contributed by atoms with Gasteiger partial charge in [0.25, 0.3) is 0 Å². The van der Waals surface area contributed by atoms with Gasteiger partial charge in [0.1, 0.15) is 17.6 Å². The molecule has 1 aliphatic heterocycles. The number of amides is 2. The van der Waals surface area contributed by atoms with Crippen LogP contribution in [0.15, 0.2) is 16.5 Å². The number of carbonyl (C=O) groups is 1. The van der Waals surface area contributed by atoms with E-state index in [0.29, 0.717) is 0 Å². The molecule has 1 unspecified atom stereocenters. The molecule has 1 atom stereocenters. The minimum absolute atomic E-state index is 0.0612. The molecule has 0 aliphatic carbocycles. The van der Waals surface area contributed by atoms with Gasteiger partial charge < -0.3 is 14.2 Å². The standard InChI is InChI=1S/C11H16N2O2/c1-4-13-7-9(12(3)11(13)14)10-6-5-8(2)15-10/h5-6,9H,4,7H2,1-3H3. The number of urea groups is 1. The average molecular weight is 208 g/mol. The Kier molecular flexibility index (Phi) is 2.42. The summed E-state index contributed by atoms with van der Waals surface area (Å²) < 4.78 is 5.56. The first-order valence-electron chi connectivity index (χ1n) is 5.21. The number of hydrogen-bond acceptors (Lipinski definition) is 2. The average Bonchev–Trinajstić information content (AvgIpc) is 2.74. The Balaban J connectivity index is 2.21. The summed E-state index contributed by atoms with van der Waals surface area (Å²) in [6.07, 6.45) is 0. The summed E-state index contributed by atoms with van der Waals surface area (Å²) in [6.45, 7) is 5.37. The molecule has 0 bridgehead atoms. The van der Waals surface area contributed by atoms with Crippen LogP contribution in [0.3, 0.4) is 0 Å². The number of carbonyl (C=O) groups excluding carboxylic acids is 1. The van der Waals surface area contributed by atoms with Crippen molar-refractivity contribution in [3.63, 3.8) is 0 Å². The van der Waals surface area contributed by atoms with Crippen molar-refractivity contribution in [1.29, 1.82) is 0 Å². The second-order valence-electron chi connectivity index (χ2n) is 3.90. The Morgan fingerprint density at radius 2 is 2.27 bits per heavy atom. The van der Waals surface area contributed by atoms with Gasteiger partial charge in [-0.2, -0.15) is 0 Å². The summed E-state index contributed by atoms with van der Waals surface area (Å²) >= 11 is 0. The van der Waals surface area contributed by atoms with E-state index in [1.54, 1.807) is 4.90 Å². The van der Waals surface area contributed by atoms with Crippen LogP contribution in [0, 0.1) is 6.92 Å². The molecule has 0 radical (unpaired) electrons. The van der Waals surface area contributed by atoms with Gasteiger partial charge in [-0.1, -0.05) is 0 Å². The predicted molar refractivity (Wildman–Crippen MR) is 56.6 cm³/mol. The first-order valence-corrected chi connectivity index (χ1v) is 5.21. The molecular weight excluding hydrogens is 192 g/mol. The highest BCUT2D eigenvalue weighted by Gasteiger charge is 2.36. The first-order chi connectivity index (χ1) is 7.13. The van der Waals surface area contributed by atoms with Gasteiger partial charge in [0.2, 0.25) is 0 Å². The Morgan fingerprint density at radius 1 is 1.53 bits per heavy atom. The van der Waals surface area contributed by atoms with Gasteiger partial charge in [-0.3, -0.25) is 0 Å². The van der Waals surface area contributed by atoms with Crippen LogP contribution < -0.4 is 0 Å². The summed E-state index contributed by atoms with van der Waals surface area (Å²) in [5.74, 6) is 1.76. The molecule has 1 saturated heterocycles. The van der Waals surface area contributed by atoms with Crippen LogP contribution in [0.25, 0.3) is 0 Å². The molecule has 82 valence electrons. The Bertz CT molecular complexity index is 372. The van der Waals surface area contributed by atoms with Crippen molar-refractivity contribution < 1.29 is 9.21 Å². The lowest BCUT2D eigenvalue weighted by atomic mass is 10.2. The van der Waals surface area contributed by atoms with E-state index in [2.05, 4.69) is 0 Å². The molecule has 1 aliphatic rings. The van der Waals surface area contributed by atoms with Crippen LogP contribution in [0.1, 0.15) is 24.5 Å². The lowest BCUT2D eigenvalue weighted by molar-refractivity contribution is 0.195. The Labute approximate surface area is 89.5 Å². The molecule has 0 spiro atoms. The number of rotatable bonds is 2. The van der Waals surface area contributed by atoms with E-state index in [1.165, 1.54) is 0 Å². The van der Waals surface area contributed by atoms with Crippen LogP contribution in [0.5, 0.6) is 0 Å². The smallest absolute Gasteiger partial charge is 0.320 e. The lowest BCUT2D eigenvalue weighted by Crippen LogP contribution is -2.29. The fraction of sp³-hybridized carbons (Fsp3) is 0.545. The van der Waals surface area contributed by atoms with Crippen LogP contribution >= 0.6 is 0 Å². The first kappa shape index (κ1) is 10.1. The van der Waals surface area contributed by atoms with Crippen molar-refractivity contribution in [2.45, 2.75) is 19.9 Å². The molecule has 0 saturated carbocycles. The van der Waals surface area contributed by atoms with E-state index in [4.69, 9.17) is 4.42 Å².